The highest BCUT2D eigenvalue weighted by molar-refractivity contribution is 6.18. The van der Waals surface area contributed by atoms with E-state index in [0.29, 0.717) is 0 Å². The number of hydrogen-bond donors (Lipinski definition) is 2. The topological polar surface area (TPSA) is 52.0 Å². The molecule has 0 bridgehead atoms. The number of benzene rings is 9. The quantitative estimate of drug-likeness (QED) is 0.123. The Morgan fingerprint density at radius 2 is 0.783 bits per heavy atom. The van der Waals surface area contributed by atoms with Gasteiger partial charge in [-0.05, 0) is 154 Å². The van der Waals surface area contributed by atoms with E-state index in [9.17, 15) is 0 Å². The molecular formula is C44H30N2. The van der Waals surface area contributed by atoms with Gasteiger partial charge in [0.1, 0.15) is 0 Å². The fourth-order valence-electron chi connectivity index (χ4n) is 7.05. The molecule has 0 saturated heterocycles. The van der Waals surface area contributed by atoms with Crippen LogP contribution in [0.4, 0.5) is 11.4 Å². The van der Waals surface area contributed by atoms with Crippen LogP contribution in [0, 0.1) is 0 Å². The maximum Gasteiger partial charge on any atom is 0.0314 e. The van der Waals surface area contributed by atoms with Gasteiger partial charge in [0, 0.05) is 11.4 Å². The van der Waals surface area contributed by atoms with Crippen molar-refractivity contribution in [3.63, 3.8) is 0 Å². The first-order chi connectivity index (χ1) is 22.6. The summed E-state index contributed by atoms with van der Waals surface area (Å²) in [6.07, 6.45) is 0. The molecule has 4 N–H and O–H groups in total. The third kappa shape index (κ3) is 4.35. The van der Waals surface area contributed by atoms with Crippen molar-refractivity contribution in [3.8, 4) is 33.4 Å². The summed E-state index contributed by atoms with van der Waals surface area (Å²) in [7, 11) is 0. The Bertz CT molecular complexity index is 2630. The molecule has 2 nitrogen and oxygen atoms in total. The largest absolute Gasteiger partial charge is 0.399 e. The predicted octanol–water partition coefficient (Wildman–Crippen LogP) is 11.6. The molecule has 216 valence electrons. The summed E-state index contributed by atoms with van der Waals surface area (Å²) in [4.78, 5) is 0. The Morgan fingerprint density at radius 1 is 0.261 bits per heavy atom. The van der Waals surface area contributed by atoms with Crippen LogP contribution < -0.4 is 11.5 Å². The molecular weight excluding hydrogens is 556 g/mol. The fourth-order valence-corrected chi connectivity index (χ4v) is 7.05. The summed E-state index contributed by atoms with van der Waals surface area (Å²) in [5.74, 6) is 0. The Kier molecular flexibility index (Phi) is 5.84. The van der Waals surface area contributed by atoms with Crippen molar-refractivity contribution < 1.29 is 0 Å². The normalized spacial score (nSPS) is 11.7. The lowest BCUT2D eigenvalue weighted by Crippen LogP contribution is -1.91. The summed E-state index contributed by atoms with van der Waals surface area (Å²) in [6, 6.07) is 56.9. The smallest absolute Gasteiger partial charge is 0.0314 e. The first kappa shape index (κ1) is 26.3. The van der Waals surface area contributed by atoms with Crippen LogP contribution in [0.2, 0.25) is 0 Å². The van der Waals surface area contributed by atoms with Gasteiger partial charge in [-0.2, -0.15) is 0 Å². The van der Waals surface area contributed by atoms with E-state index in [1.807, 2.05) is 24.3 Å². The lowest BCUT2D eigenvalue weighted by atomic mass is 9.87. The zero-order valence-electron chi connectivity index (χ0n) is 25.2. The number of anilines is 2. The number of rotatable bonds is 3. The third-order valence-corrected chi connectivity index (χ3v) is 9.43. The molecule has 0 unspecified atom stereocenters. The van der Waals surface area contributed by atoms with Crippen LogP contribution in [0.5, 0.6) is 0 Å². The van der Waals surface area contributed by atoms with Crippen molar-refractivity contribution in [1.29, 1.82) is 0 Å². The number of nitrogen functional groups attached to an aromatic ring is 2. The van der Waals surface area contributed by atoms with E-state index >= 15 is 0 Å². The van der Waals surface area contributed by atoms with Crippen LogP contribution in [0.25, 0.3) is 87.2 Å². The maximum absolute atomic E-state index is 6.09. The molecule has 9 aromatic rings. The zero-order chi connectivity index (χ0) is 30.8. The molecule has 0 atom stereocenters. The monoisotopic (exact) mass is 586 g/mol. The minimum atomic E-state index is 0.757. The molecule has 9 aromatic carbocycles. The second-order valence-electron chi connectivity index (χ2n) is 12.3. The summed E-state index contributed by atoms with van der Waals surface area (Å²) >= 11 is 0. The van der Waals surface area contributed by atoms with Crippen molar-refractivity contribution in [2.24, 2.45) is 0 Å². The number of hydrogen-bond acceptors (Lipinski definition) is 2. The first-order valence-corrected chi connectivity index (χ1v) is 15.7. The molecule has 9 rings (SSSR count). The minimum absolute atomic E-state index is 0.757. The van der Waals surface area contributed by atoms with Gasteiger partial charge in [-0.25, -0.2) is 0 Å². The van der Waals surface area contributed by atoms with Crippen LogP contribution in [-0.4, -0.2) is 0 Å². The summed E-state index contributed by atoms with van der Waals surface area (Å²) in [5.41, 5.74) is 20.6. The average molecular weight is 587 g/mol. The molecule has 2 heteroatoms. The lowest BCUT2D eigenvalue weighted by Gasteiger charge is -2.16. The fraction of sp³-hybridized carbons (Fsp3) is 0. The van der Waals surface area contributed by atoms with Crippen molar-refractivity contribution >= 4 is 65.2 Å². The van der Waals surface area contributed by atoms with Crippen LogP contribution in [-0.2, 0) is 0 Å². The molecule has 0 fully saturated rings. The molecule has 0 amide bonds. The van der Waals surface area contributed by atoms with Crippen LogP contribution in [0.1, 0.15) is 0 Å². The summed E-state index contributed by atoms with van der Waals surface area (Å²) in [5, 5.41) is 12.5. The van der Waals surface area contributed by atoms with E-state index in [1.165, 1.54) is 70.6 Å². The Hall–Kier alpha value is -6.12. The molecule has 0 aliphatic rings. The third-order valence-electron chi connectivity index (χ3n) is 9.43. The van der Waals surface area contributed by atoms with Crippen LogP contribution in [0.15, 0.2) is 158 Å². The van der Waals surface area contributed by atoms with E-state index in [-0.39, 0.29) is 0 Å². The van der Waals surface area contributed by atoms with Gasteiger partial charge in [-0.1, -0.05) is 91.0 Å². The Morgan fingerprint density at radius 3 is 1.48 bits per heavy atom. The molecule has 0 aromatic heterocycles. The van der Waals surface area contributed by atoms with Gasteiger partial charge in [0.15, 0.2) is 0 Å². The standard InChI is InChI=1S/C44H30N2/c45-37-15-10-27(11-16-37)31-14-19-39(28-12-17-38(46)18-13-28)44(24-31)40-7-3-6-32-22-33-8-9-34-23-35-20-29-4-1-2-5-30(29)21-36(35)25-41(34)43(33)26-42(32)40/h1-26H,45-46H2. The minimum Gasteiger partial charge on any atom is -0.399 e. The van der Waals surface area contributed by atoms with Crippen molar-refractivity contribution in [3.05, 3.63) is 158 Å². The molecule has 0 aliphatic heterocycles. The van der Waals surface area contributed by atoms with Gasteiger partial charge in [-0.15, -0.1) is 0 Å². The van der Waals surface area contributed by atoms with Gasteiger partial charge in [0.25, 0.3) is 0 Å². The molecule has 0 heterocycles. The number of fused-ring (bicyclic) bond motifs is 6. The van der Waals surface area contributed by atoms with Crippen LogP contribution in [0.3, 0.4) is 0 Å². The predicted molar refractivity (Wildman–Crippen MR) is 199 cm³/mol. The zero-order valence-corrected chi connectivity index (χ0v) is 25.2. The molecule has 46 heavy (non-hydrogen) atoms. The Balaban J connectivity index is 1.31. The van der Waals surface area contributed by atoms with E-state index < -0.39 is 0 Å². The van der Waals surface area contributed by atoms with Crippen molar-refractivity contribution in [2.75, 3.05) is 11.5 Å². The highest BCUT2D eigenvalue weighted by Gasteiger charge is 2.14. The van der Waals surface area contributed by atoms with E-state index in [1.54, 1.807) is 0 Å². The van der Waals surface area contributed by atoms with Crippen molar-refractivity contribution in [2.45, 2.75) is 0 Å². The number of nitrogens with two attached hydrogens (primary N) is 2. The van der Waals surface area contributed by atoms with Gasteiger partial charge in [-0.3, -0.25) is 0 Å². The van der Waals surface area contributed by atoms with E-state index in [4.69, 9.17) is 11.5 Å². The maximum atomic E-state index is 6.09. The van der Waals surface area contributed by atoms with E-state index in [2.05, 4.69) is 133 Å². The molecule has 0 aliphatic carbocycles. The van der Waals surface area contributed by atoms with E-state index in [0.717, 1.165) is 28.1 Å². The van der Waals surface area contributed by atoms with Gasteiger partial charge in [0.05, 0.1) is 0 Å². The highest BCUT2D eigenvalue weighted by atomic mass is 14.5. The molecule has 0 radical (unpaired) electrons. The second kappa shape index (κ2) is 10.2. The SMILES string of the molecule is Nc1ccc(-c2ccc(-c3ccc(N)cc3)c(-c3cccc4cc5ccc6cc7cc8ccccc8cc7cc6c5cc34)c2)cc1. The Labute approximate surface area is 267 Å². The first-order valence-electron chi connectivity index (χ1n) is 15.7. The average Bonchev–Trinajstić information content (AvgIpc) is 3.09. The second-order valence-corrected chi connectivity index (χ2v) is 12.3. The van der Waals surface area contributed by atoms with Gasteiger partial charge < -0.3 is 11.5 Å². The molecule has 0 spiro atoms. The summed E-state index contributed by atoms with van der Waals surface area (Å²) < 4.78 is 0. The lowest BCUT2D eigenvalue weighted by molar-refractivity contribution is 1.57. The van der Waals surface area contributed by atoms with Gasteiger partial charge in [0.2, 0.25) is 0 Å². The molecule has 0 saturated carbocycles. The highest BCUT2D eigenvalue weighted by Crippen LogP contribution is 2.41. The van der Waals surface area contributed by atoms with Gasteiger partial charge >= 0.3 is 0 Å². The van der Waals surface area contributed by atoms with Crippen molar-refractivity contribution in [1.82, 2.24) is 0 Å². The summed E-state index contributed by atoms with van der Waals surface area (Å²) in [6.45, 7) is 0. The van der Waals surface area contributed by atoms with Crippen LogP contribution >= 0.6 is 0 Å².